The molecule has 1 unspecified atom stereocenters. The molecule has 3 rings (SSSR count). The van der Waals surface area contributed by atoms with Gasteiger partial charge in [-0.15, -0.1) is 0 Å². The van der Waals surface area contributed by atoms with Crippen LogP contribution >= 0.6 is 0 Å². The zero-order valence-corrected chi connectivity index (χ0v) is 9.39. The minimum absolute atomic E-state index is 0.131. The number of hydrogen-bond donors (Lipinski definition) is 1. The standard InChI is InChI=1S/C13H14O4/c14-12(15)7-13(5-6-13)11-8-16-9-3-1-2-4-10(9)17-11/h1-4,11H,5-8H2,(H,14,15). The SMILES string of the molecule is O=C(O)CC1(C2COc3ccccc3O2)CC1. The predicted molar refractivity (Wildman–Crippen MR) is 60.3 cm³/mol. The Morgan fingerprint density at radius 1 is 1.35 bits per heavy atom. The predicted octanol–water partition coefficient (Wildman–Crippen LogP) is 2.08. The maximum absolute atomic E-state index is 10.8. The Balaban J connectivity index is 1.78. The molecule has 0 bridgehead atoms. The molecule has 1 atom stereocenters. The number of carboxylic acid groups (broad SMARTS) is 1. The Hall–Kier alpha value is -1.71. The van der Waals surface area contributed by atoms with Crippen LogP contribution in [0.15, 0.2) is 24.3 Å². The van der Waals surface area contributed by atoms with E-state index in [9.17, 15) is 4.79 Å². The van der Waals surface area contributed by atoms with Gasteiger partial charge < -0.3 is 14.6 Å². The molecule has 17 heavy (non-hydrogen) atoms. The van der Waals surface area contributed by atoms with E-state index < -0.39 is 5.97 Å². The maximum Gasteiger partial charge on any atom is 0.304 e. The van der Waals surface area contributed by atoms with Gasteiger partial charge in [-0.1, -0.05) is 12.1 Å². The number of aliphatic carboxylic acids is 1. The summed E-state index contributed by atoms with van der Waals surface area (Å²) in [4.78, 5) is 10.8. The van der Waals surface area contributed by atoms with Crippen molar-refractivity contribution in [3.05, 3.63) is 24.3 Å². The van der Waals surface area contributed by atoms with Crippen molar-refractivity contribution in [1.29, 1.82) is 0 Å². The maximum atomic E-state index is 10.8. The third-order valence-corrected chi connectivity index (χ3v) is 3.59. The number of ether oxygens (including phenoxy) is 2. The number of carboxylic acids is 1. The van der Waals surface area contributed by atoms with Crippen molar-refractivity contribution in [2.24, 2.45) is 5.41 Å². The Morgan fingerprint density at radius 2 is 2.06 bits per heavy atom. The molecule has 1 fully saturated rings. The molecular formula is C13H14O4. The van der Waals surface area contributed by atoms with E-state index in [0.717, 1.165) is 24.3 Å². The molecule has 0 radical (unpaired) electrons. The molecule has 90 valence electrons. The summed E-state index contributed by atoms with van der Waals surface area (Å²) in [6.45, 7) is 0.449. The van der Waals surface area contributed by atoms with E-state index in [4.69, 9.17) is 14.6 Å². The van der Waals surface area contributed by atoms with Gasteiger partial charge in [-0.2, -0.15) is 0 Å². The summed E-state index contributed by atoms with van der Waals surface area (Å²) in [5, 5.41) is 8.92. The fourth-order valence-corrected chi connectivity index (χ4v) is 2.40. The molecule has 0 aromatic heterocycles. The van der Waals surface area contributed by atoms with Crippen LogP contribution in [0.25, 0.3) is 0 Å². The Kier molecular flexibility index (Phi) is 2.24. The average Bonchev–Trinajstić information content (AvgIpc) is 3.08. The number of para-hydroxylation sites is 2. The first-order valence-corrected chi connectivity index (χ1v) is 5.80. The smallest absolute Gasteiger partial charge is 0.304 e. The molecule has 0 saturated heterocycles. The fourth-order valence-electron chi connectivity index (χ4n) is 2.40. The summed E-state index contributed by atoms with van der Waals surface area (Å²) in [5.41, 5.74) is -0.209. The molecular weight excluding hydrogens is 220 g/mol. The lowest BCUT2D eigenvalue weighted by Crippen LogP contribution is -2.38. The molecule has 0 spiro atoms. The second-order valence-corrected chi connectivity index (χ2v) is 4.80. The van der Waals surface area contributed by atoms with E-state index in [1.54, 1.807) is 0 Å². The summed E-state index contributed by atoms with van der Waals surface area (Å²) in [5.74, 6) is 0.709. The average molecular weight is 234 g/mol. The van der Waals surface area contributed by atoms with Crippen molar-refractivity contribution < 1.29 is 19.4 Å². The molecule has 1 N–H and O–H groups in total. The number of benzene rings is 1. The van der Waals surface area contributed by atoms with Gasteiger partial charge in [0.2, 0.25) is 0 Å². The van der Waals surface area contributed by atoms with E-state index in [0.29, 0.717) is 6.61 Å². The molecule has 1 saturated carbocycles. The highest BCUT2D eigenvalue weighted by molar-refractivity contribution is 5.68. The minimum Gasteiger partial charge on any atom is -0.486 e. The third-order valence-electron chi connectivity index (χ3n) is 3.59. The monoisotopic (exact) mass is 234 g/mol. The molecule has 1 aromatic rings. The van der Waals surface area contributed by atoms with Crippen molar-refractivity contribution in [3.63, 3.8) is 0 Å². The Morgan fingerprint density at radius 3 is 2.71 bits per heavy atom. The van der Waals surface area contributed by atoms with Crippen molar-refractivity contribution in [2.45, 2.75) is 25.4 Å². The first kappa shape index (κ1) is 10.4. The summed E-state index contributed by atoms with van der Waals surface area (Å²) >= 11 is 0. The lowest BCUT2D eigenvalue weighted by atomic mass is 9.95. The van der Waals surface area contributed by atoms with E-state index in [-0.39, 0.29) is 17.9 Å². The number of carbonyl (C=O) groups is 1. The van der Waals surface area contributed by atoms with Crippen LogP contribution in [0.1, 0.15) is 19.3 Å². The van der Waals surface area contributed by atoms with Crippen LogP contribution < -0.4 is 9.47 Å². The lowest BCUT2D eigenvalue weighted by molar-refractivity contribution is -0.139. The minimum atomic E-state index is -0.759. The number of fused-ring (bicyclic) bond motifs is 1. The van der Waals surface area contributed by atoms with Crippen molar-refractivity contribution >= 4 is 5.97 Å². The highest BCUT2D eigenvalue weighted by atomic mass is 16.6. The van der Waals surface area contributed by atoms with Crippen LogP contribution in [0, 0.1) is 5.41 Å². The fraction of sp³-hybridized carbons (Fsp3) is 0.462. The second-order valence-electron chi connectivity index (χ2n) is 4.80. The zero-order chi connectivity index (χ0) is 11.9. The summed E-state index contributed by atoms with van der Waals surface area (Å²) in [6, 6.07) is 7.51. The molecule has 4 heteroatoms. The summed E-state index contributed by atoms with van der Waals surface area (Å²) in [6.07, 6.45) is 1.86. The van der Waals surface area contributed by atoms with Gasteiger partial charge in [0, 0.05) is 5.41 Å². The first-order valence-electron chi connectivity index (χ1n) is 5.80. The molecule has 1 aliphatic heterocycles. The van der Waals surface area contributed by atoms with Gasteiger partial charge in [0.05, 0.1) is 6.42 Å². The number of rotatable bonds is 3. The normalized spacial score (nSPS) is 24.1. The second kappa shape index (κ2) is 3.65. The number of hydrogen-bond acceptors (Lipinski definition) is 3. The molecule has 0 amide bonds. The van der Waals surface area contributed by atoms with E-state index >= 15 is 0 Å². The largest absolute Gasteiger partial charge is 0.486 e. The first-order chi connectivity index (χ1) is 8.20. The third kappa shape index (κ3) is 1.84. The van der Waals surface area contributed by atoms with Crippen LogP contribution in [0.2, 0.25) is 0 Å². The quantitative estimate of drug-likeness (QED) is 0.870. The molecule has 4 nitrogen and oxygen atoms in total. The molecule has 1 heterocycles. The molecule has 1 aliphatic carbocycles. The molecule has 1 aromatic carbocycles. The van der Waals surface area contributed by atoms with E-state index in [2.05, 4.69) is 0 Å². The van der Waals surface area contributed by atoms with Crippen molar-refractivity contribution in [1.82, 2.24) is 0 Å². The van der Waals surface area contributed by atoms with Gasteiger partial charge >= 0.3 is 5.97 Å². The van der Waals surface area contributed by atoms with Gasteiger partial charge in [-0.05, 0) is 25.0 Å². The van der Waals surface area contributed by atoms with Gasteiger partial charge in [0.25, 0.3) is 0 Å². The van der Waals surface area contributed by atoms with E-state index in [1.807, 2.05) is 24.3 Å². The molecule has 2 aliphatic rings. The van der Waals surface area contributed by atoms with Gasteiger partial charge in [0.1, 0.15) is 12.7 Å². The van der Waals surface area contributed by atoms with Crippen LogP contribution in [0.5, 0.6) is 11.5 Å². The van der Waals surface area contributed by atoms with E-state index in [1.165, 1.54) is 0 Å². The lowest BCUT2D eigenvalue weighted by Gasteiger charge is -2.31. The van der Waals surface area contributed by atoms with Crippen LogP contribution in [0.4, 0.5) is 0 Å². The Labute approximate surface area is 99.2 Å². The Bertz CT molecular complexity index is 450. The highest BCUT2D eigenvalue weighted by Gasteiger charge is 2.53. The van der Waals surface area contributed by atoms with Crippen LogP contribution in [-0.2, 0) is 4.79 Å². The van der Waals surface area contributed by atoms with Crippen LogP contribution in [-0.4, -0.2) is 23.8 Å². The zero-order valence-electron chi connectivity index (χ0n) is 9.39. The topological polar surface area (TPSA) is 55.8 Å². The summed E-state index contributed by atoms with van der Waals surface area (Å²) < 4.78 is 11.5. The van der Waals surface area contributed by atoms with Gasteiger partial charge in [-0.3, -0.25) is 4.79 Å². The van der Waals surface area contributed by atoms with Crippen molar-refractivity contribution in [2.75, 3.05) is 6.61 Å². The van der Waals surface area contributed by atoms with Gasteiger partial charge in [0.15, 0.2) is 11.5 Å². The van der Waals surface area contributed by atoms with Crippen LogP contribution in [0.3, 0.4) is 0 Å². The highest BCUT2D eigenvalue weighted by Crippen LogP contribution is 2.54. The summed E-state index contributed by atoms with van der Waals surface area (Å²) in [7, 11) is 0. The van der Waals surface area contributed by atoms with Gasteiger partial charge in [-0.25, -0.2) is 0 Å². The van der Waals surface area contributed by atoms with Crippen molar-refractivity contribution in [3.8, 4) is 11.5 Å².